The van der Waals surface area contributed by atoms with Crippen LogP contribution in [0.2, 0.25) is 0 Å². The lowest BCUT2D eigenvalue weighted by Gasteiger charge is -2.15. The minimum Gasteiger partial charge on any atom is -0.357 e. The summed E-state index contributed by atoms with van der Waals surface area (Å²) in [7, 11) is 0. The van der Waals surface area contributed by atoms with Gasteiger partial charge in [0.15, 0.2) is 0 Å². The number of benzene rings is 3. The number of aryl methyl sites for hydroxylation is 2. The van der Waals surface area contributed by atoms with E-state index in [9.17, 15) is 9.59 Å². The highest BCUT2D eigenvalue weighted by Gasteiger charge is 2.16. The lowest BCUT2D eigenvalue weighted by atomic mass is 10.1. The Morgan fingerprint density at radius 2 is 1.64 bits per heavy atom. The lowest BCUT2D eigenvalue weighted by molar-refractivity contribution is -0.121. The molecule has 0 bridgehead atoms. The highest BCUT2D eigenvalue weighted by Crippen LogP contribution is 2.19. The summed E-state index contributed by atoms with van der Waals surface area (Å²) in [5, 5.41) is 6.99. The third-order valence-corrected chi connectivity index (χ3v) is 7.05. The van der Waals surface area contributed by atoms with Crippen molar-refractivity contribution in [2.45, 2.75) is 39.8 Å². The maximum absolute atomic E-state index is 13.4. The first-order valence-electron chi connectivity index (χ1n) is 14.7. The normalized spacial score (nSPS) is 10.6. The molecule has 3 heterocycles. The van der Waals surface area contributed by atoms with Gasteiger partial charge in [-0.15, -0.1) is 0 Å². The van der Waals surface area contributed by atoms with Gasteiger partial charge in [-0.1, -0.05) is 91.7 Å². The number of aromatic nitrogens is 4. The molecule has 3 aromatic carbocycles. The van der Waals surface area contributed by atoms with Crippen molar-refractivity contribution in [3.8, 4) is 11.4 Å². The van der Waals surface area contributed by atoms with Crippen molar-refractivity contribution in [2.24, 2.45) is 0 Å². The summed E-state index contributed by atoms with van der Waals surface area (Å²) in [6.07, 6.45) is 7.44. The van der Waals surface area contributed by atoms with Gasteiger partial charge in [0.05, 0.1) is 12.7 Å². The summed E-state index contributed by atoms with van der Waals surface area (Å²) in [5.41, 5.74) is 5.86. The van der Waals surface area contributed by atoms with Crippen LogP contribution >= 0.6 is 0 Å². The topological polar surface area (TPSA) is 105 Å². The van der Waals surface area contributed by atoms with Gasteiger partial charge in [0.25, 0.3) is 5.56 Å². The molecule has 0 atom stereocenters. The highest BCUT2D eigenvalue weighted by atomic mass is 16.2. The molecule has 8 nitrogen and oxygen atoms in total. The van der Waals surface area contributed by atoms with E-state index in [1.807, 2.05) is 73.7 Å². The van der Waals surface area contributed by atoms with E-state index in [2.05, 4.69) is 62.8 Å². The number of amides is 1. The van der Waals surface area contributed by atoms with Crippen LogP contribution in [0.4, 0.5) is 11.4 Å². The van der Waals surface area contributed by atoms with Crippen LogP contribution in [0.25, 0.3) is 22.3 Å². The zero-order chi connectivity index (χ0) is 30.7. The van der Waals surface area contributed by atoms with E-state index in [-0.39, 0.29) is 18.0 Å². The molecule has 0 spiro atoms. The van der Waals surface area contributed by atoms with Crippen molar-refractivity contribution in [3.05, 3.63) is 143 Å². The van der Waals surface area contributed by atoms with E-state index in [4.69, 9.17) is 0 Å². The Morgan fingerprint density at radius 1 is 0.909 bits per heavy atom. The Morgan fingerprint density at radius 3 is 2.34 bits per heavy atom. The maximum atomic E-state index is 13.4. The molecule has 222 valence electrons. The minimum atomic E-state index is -0.328. The zero-order valence-corrected chi connectivity index (χ0v) is 25.0. The number of carbonyl (C=O) groups is 1. The molecule has 0 radical (unpaired) electrons. The molecule has 0 aliphatic heterocycles. The number of aromatic amines is 1. The molecule has 6 rings (SSSR count). The molecule has 8 heteroatoms. The number of nitrogens with zero attached hydrogens (tertiary/aromatic N) is 3. The van der Waals surface area contributed by atoms with Crippen LogP contribution in [0.3, 0.4) is 0 Å². The SMILES string of the molecule is CCCc1ccccc1.Cc1ccc(Nc2cnc(-c3ccccc3)n(CC(=O)NCc3cc4cnccc4[nH]3)c2=O)cc1. The first-order valence-corrected chi connectivity index (χ1v) is 14.7. The lowest BCUT2D eigenvalue weighted by Crippen LogP contribution is -2.34. The van der Waals surface area contributed by atoms with Gasteiger partial charge in [-0.3, -0.25) is 19.1 Å². The van der Waals surface area contributed by atoms with Gasteiger partial charge >= 0.3 is 0 Å². The van der Waals surface area contributed by atoms with Crippen LogP contribution in [0.15, 0.2) is 120 Å². The molecule has 1 amide bonds. The van der Waals surface area contributed by atoms with Gasteiger partial charge < -0.3 is 15.6 Å². The number of fused-ring (bicyclic) bond motifs is 1. The molecule has 0 fully saturated rings. The Bertz CT molecular complexity index is 1830. The van der Waals surface area contributed by atoms with Gasteiger partial charge in [0.2, 0.25) is 5.91 Å². The van der Waals surface area contributed by atoms with Crippen LogP contribution in [-0.4, -0.2) is 25.4 Å². The van der Waals surface area contributed by atoms with Gasteiger partial charge in [0, 0.05) is 40.2 Å². The second kappa shape index (κ2) is 14.6. The van der Waals surface area contributed by atoms with Crippen LogP contribution in [0.5, 0.6) is 0 Å². The molecule has 0 saturated carbocycles. The molecular formula is C36H36N6O2. The van der Waals surface area contributed by atoms with Crippen molar-refractivity contribution in [1.29, 1.82) is 0 Å². The fourth-order valence-corrected chi connectivity index (χ4v) is 4.79. The van der Waals surface area contributed by atoms with Crippen molar-refractivity contribution in [1.82, 2.24) is 24.8 Å². The van der Waals surface area contributed by atoms with Crippen LogP contribution in [0.1, 0.15) is 30.2 Å². The number of rotatable bonds is 9. The predicted molar refractivity (Wildman–Crippen MR) is 177 cm³/mol. The molecule has 0 aliphatic carbocycles. The number of pyridine rings is 1. The molecule has 3 N–H and O–H groups in total. The smallest absolute Gasteiger partial charge is 0.277 e. The van der Waals surface area contributed by atoms with Crippen LogP contribution in [-0.2, 0) is 24.3 Å². The largest absolute Gasteiger partial charge is 0.357 e. The van der Waals surface area contributed by atoms with Crippen LogP contribution < -0.4 is 16.2 Å². The van der Waals surface area contributed by atoms with E-state index in [1.165, 1.54) is 29.2 Å². The average Bonchev–Trinajstić information content (AvgIpc) is 3.48. The van der Waals surface area contributed by atoms with E-state index >= 15 is 0 Å². The molecule has 6 aromatic rings. The number of carbonyl (C=O) groups excluding carboxylic acids is 1. The second-order valence-corrected chi connectivity index (χ2v) is 10.5. The summed E-state index contributed by atoms with van der Waals surface area (Å²) < 4.78 is 1.40. The number of hydrogen-bond acceptors (Lipinski definition) is 5. The number of nitrogens with one attached hydrogen (secondary N) is 3. The Kier molecular flexibility index (Phi) is 9.94. The number of hydrogen-bond donors (Lipinski definition) is 3. The predicted octanol–water partition coefficient (Wildman–Crippen LogP) is 6.79. The summed E-state index contributed by atoms with van der Waals surface area (Å²) in [6.45, 7) is 4.34. The second-order valence-electron chi connectivity index (χ2n) is 10.5. The maximum Gasteiger partial charge on any atom is 0.277 e. The van der Waals surface area contributed by atoms with E-state index in [0.29, 0.717) is 18.1 Å². The quantitative estimate of drug-likeness (QED) is 0.174. The van der Waals surface area contributed by atoms with Gasteiger partial charge in [-0.05, 0) is 43.2 Å². The first kappa shape index (κ1) is 30.0. The highest BCUT2D eigenvalue weighted by molar-refractivity contribution is 5.80. The third kappa shape index (κ3) is 7.86. The van der Waals surface area contributed by atoms with Crippen molar-refractivity contribution < 1.29 is 4.79 Å². The van der Waals surface area contributed by atoms with E-state index in [1.54, 1.807) is 12.4 Å². The van der Waals surface area contributed by atoms with E-state index in [0.717, 1.165) is 33.4 Å². The van der Waals surface area contributed by atoms with Crippen LogP contribution in [0, 0.1) is 6.92 Å². The van der Waals surface area contributed by atoms with Gasteiger partial charge in [-0.2, -0.15) is 0 Å². The molecule has 0 unspecified atom stereocenters. The summed E-state index contributed by atoms with van der Waals surface area (Å²) in [6, 6.07) is 31.5. The molecule has 3 aromatic heterocycles. The Hall–Kier alpha value is -5.50. The number of H-pyrrole nitrogens is 1. The van der Waals surface area contributed by atoms with Crippen molar-refractivity contribution in [2.75, 3.05) is 5.32 Å². The summed E-state index contributed by atoms with van der Waals surface area (Å²) >= 11 is 0. The Balaban J connectivity index is 0.000000367. The van der Waals surface area contributed by atoms with Gasteiger partial charge in [-0.25, -0.2) is 4.98 Å². The van der Waals surface area contributed by atoms with E-state index < -0.39 is 0 Å². The standard InChI is InChI=1S/C27H24N6O2.C9H12/c1-18-7-9-21(10-8-18)31-24-16-30-26(19-5-3-2-4-6-19)33(27(24)35)17-25(34)29-15-22-13-20-14-28-12-11-23(20)32-22;1-2-6-9-7-4-3-5-8-9/h2-14,16,31-32H,15,17H2,1H3,(H,29,34);3-5,7-8H,2,6H2,1H3. The fraction of sp³-hybridized carbons (Fsp3) is 0.167. The average molecular weight is 585 g/mol. The monoisotopic (exact) mass is 584 g/mol. The van der Waals surface area contributed by atoms with Gasteiger partial charge in [0.1, 0.15) is 18.1 Å². The van der Waals surface area contributed by atoms with Crippen molar-refractivity contribution >= 4 is 28.2 Å². The fourth-order valence-electron chi connectivity index (χ4n) is 4.79. The molecular weight excluding hydrogens is 548 g/mol. The molecule has 0 saturated heterocycles. The minimum absolute atomic E-state index is 0.165. The molecule has 0 aliphatic rings. The number of anilines is 2. The third-order valence-electron chi connectivity index (χ3n) is 7.05. The van der Waals surface area contributed by atoms with Crippen molar-refractivity contribution in [3.63, 3.8) is 0 Å². The first-order chi connectivity index (χ1) is 21.5. The summed E-state index contributed by atoms with van der Waals surface area (Å²) in [5.74, 6) is 0.132. The zero-order valence-electron chi connectivity index (χ0n) is 25.0. The molecule has 44 heavy (non-hydrogen) atoms. The Labute approximate surface area is 256 Å². The summed E-state index contributed by atoms with van der Waals surface area (Å²) in [4.78, 5) is 38.2.